The fraction of sp³-hybridized carbons (Fsp3) is 0.0952. The first kappa shape index (κ1) is 13.4. The zero-order chi connectivity index (χ0) is 16.4. The van der Waals surface area contributed by atoms with Gasteiger partial charge in [0.05, 0.1) is 5.92 Å². The predicted molar refractivity (Wildman–Crippen MR) is 88.3 cm³/mol. The largest absolute Gasteiger partial charge is 0.293 e. The van der Waals surface area contributed by atoms with Crippen LogP contribution in [-0.2, 0) is 0 Å². The summed E-state index contributed by atoms with van der Waals surface area (Å²) in [6.45, 7) is 0. The maximum atomic E-state index is 13.1. The lowest BCUT2D eigenvalue weighted by Crippen LogP contribution is -2.30. The third-order valence-electron chi connectivity index (χ3n) is 5.16. The summed E-state index contributed by atoms with van der Waals surface area (Å²) in [4.78, 5) is 39.1. The molecule has 3 nitrogen and oxygen atoms in total. The zero-order valence-corrected chi connectivity index (χ0v) is 12.7. The van der Waals surface area contributed by atoms with E-state index < -0.39 is 5.92 Å². The maximum absolute atomic E-state index is 13.1. The second-order valence-electron chi connectivity index (χ2n) is 6.32. The standard InChI is InChI=1S/C21H12O3/c22-19-13-6-2-1-5-11(13)12-9-10-16(19)18-17(12)20(23)14-7-3-4-8-15(14)21(18)24/h1-10,12,16H. The summed E-state index contributed by atoms with van der Waals surface area (Å²) in [6, 6.07) is 14.2. The quantitative estimate of drug-likeness (QED) is 0.699. The van der Waals surface area contributed by atoms with Gasteiger partial charge in [-0.25, -0.2) is 0 Å². The van der Waals surface area contributed by atoms with E-state index in [2.05, 4.69) is 0 Å². The van der Waals surface area contributed by atoms with E-state index in [-0.39, 0.29) is 23.3 Å². The third kappa shape index (κ3) is 1.49. The van der Waals surface area contributed by atoms with Gasteiger partial charge in [0.15, 0.2) is 17.3 Å². The second kappa shape index (κ2) is 4.48. The van der Waals surface area contributed by atoms with E-state index in [0.29, 0.717) is 27.8 Å². The van der Waals surface area contributed by atoms with Crippen LogP contribution in [0.3, 0.4) is 0 Å². The normalized spacial score (nSPS) is 23.8. The van der Waals surface area contributed by atoms with Crippen LogP contribution < -0.4 is 0 Å². The molecule has 0 aromatic heterocycles. The summed E-state index contributed by atoms with van der Waals surface area (Å²) in [6.07, 6.45) is 3.68. The molecule has 3 heteroatoms. The van der Waals surface area contributed by atoms with Crippen molar-refractivity contribution in [2.45, 2.75) is 5.92 Å². The topological polar surface area (TPSA) is 51.2 Å². The third-order valence-corrected chi connectivity index (χ3v) is 5.16. The minimum absolute atomic E-state index is 0.102. The van der Waals surface area contributed by atoms with Crippen LogP contribution in [0.4, 0.5) is 0 Å². The van der Waals surface area contributed by atoms with Crippen LogP contribution in [0.2, 0.25) is 0 Å². The Bertz CT molecular complexity index is 1020. The molecule has 0 saturated carbocycles. The molecule has 2 bridgehead atoms. The van der Waals surface area contributed by atoms with E-state index in [0.717, 1.165) is 5.56 Å². The minimum Gasteiger partial charge on any atom is -0.293 e. The summed E-state index contributed by atoms with van der Waals surface area (Å²) in [5, 5.41) is 0. The molecular formula is C21H12O3. The monoisotopic (exact) mass is 312 g/mol. The van der Waals surface area contributed by atoms with Crippen LogP contribution in [0.5, 0.6) is 0 Å². The minimum atomic E-state index is -0.662. The van der Waals surface area contributed by atoms with Gasteiger partial charge in [-0.1, -0.05) is 60.7 Å². The van der Waals surface area contributed by atoms with Crippen LogP contribution in [0.25, 0.3) is 0 Å². The number of rotatable bonds is 0. The Kier molecular flexibility index (Phi) is 2.50. The first-order valence-electron chi connectivity index (χ1n) is 7.92. The van der Waals surface area contributed by atoms with Gasteiger partial charge in [0, 0.05) is 33.8 Å². The second-order valence-corrected chi connectivity index (χ2v) is 6.32. The number of hydrogen-bond acceptors (Lipinski definition) is 3. The van der Waals surface area contributed by atoms with E-state index in [1.807, 2.05) is 24.3 Å². The number of benzene rings is 2. The molecule has 2 atom stereocenters. The summed E-state index contributed by atoms with van der Waals surface area (Å²) < 4.78 is 0. The molecule has 4 aliphatic carbocycles. The van der Waals surface area contributed by atoms with Crippen molar-refractivity contribution in [2.75, 3.05) is 0 Å². The van der Waals surface area contributed by atoms with Gasteiger partial charge in [-0.05, 0) is 5.56 Å². The summed E-state index contributed by atoms with van der Waals surface area (Å²) >= 11 is 0. The Morgan fingerprint density at radius 3 is 1.75 bits per heavy atom. The lowest BCUT2D eigenvalue weighted by atomic mass is 9.71. The molecule has 6 rings (SSSR count). The Labute approximate surface area is 138 Å². The molecule has 24 heavy (non-hydrogen) atoms. The SMILES string of the molecule is O=C1C2=C(C(=O)c3ccccc31)C1C=CC2C(=O)c2ccccc21. The van der Waals surface area contributed by atoms with E-state index >= 15 is 0 Å². The molecule has 0 spiro atoms. The molecule has 0 saturated heterocycles. The average molecular weight is 312 g/mol. The van der Waals surface area contributed by atoms with Crippen LogP contribution in [0.15, 0.2) is 71.8 Å². The fourth-order valence-corrected chi connectivity index (χ4v) is 4.08. The van der Waals surface area contributed by atoms with Crippen LogP contribution >= 0.6 is 0 Å². The number of carbonyl (C=O) groups excluding carboxylic acids is 3. The Hall–Kier alpha value is -3.07. The van der Waals surface area contributed by atoms with Crippen LogP contribution in [0, 0.1) is 5.92 Å². The van der Waals surface area contributed by atoms with Crippen molar-refractivity contribution in [3.63, 3.8) is 0 Å². The predicted octanol–water partition coefficient (Wildman–Crippen LogP) is 3.53. The first-order chi connectivity index (χ1) is 11.7. The summed E-state index contributed by atoms with van der Waals surface area (Å²) in [7, 11) is 0. The molecule has 4 aliphatic rings. The van der Waals surface area contributed by atoms with E-state index in [4.69, 9.17) is 0 Å². The maximum Gasteiger partial charge on any atom is 0.191 e. The highest BCUT2D eigenvalue weighted by Crippen LogP contribution is 2.47. The first-order valence-corrected chi connectivity index (χ1v) is 7.92. The highest BCUT2D eigenvalue weighted by molar-refractivity contribution is 6.30. The highest BCUT2D eigenvalue weighted by Gasteiger charge is 2.45. The van der Waals surface area contributed by atoms with Crippen molar-refractivity contribution >= 4 is 17.3 Å². The lowest BCUT2D eigenvalue weighted by molar-refractivity contribution is 0.0916. The average Bonchev–Trinajstić information content (AvgIpc) is 2.83. The Morgan fingerprint density at radius 1 is 0.583 bits per heavy atom. The van der Waals surface area contributed by atoms with Gasteiger partial charge in [-0.15, -0.1) is 0 Å². The summed E-state index contributed by atoms with van der Waals surface area (Å²) in [5.41, 5.74) is 3.10. The lowest BCUT2D eigenvalue weighted by Gasteiger charge is -2.28. The fourth-order valence-electron chi connectivity index (χ4n) is 4.08. The van der Waals surface area contributed by atoms with Crippen molar-refractivity contribution in [2.24, 2.45) is 5.92 Å². The molecule has 2 aromatic carbocycles. The molecule has 0 radical (unpaired) electrons. The number of carbonyl (C=O) groups is 3. The van der Waals surface area contributed by atoms with Gasteiger partial charge >= 0.3 is 0 Å². The van der Waals surface area contributed by atoms with Gasteiger partial charge in [-0.2, -0.15) is 0 Å². The summed E-state index contributed by atoms with van der Waals surface area (Å²) in [5.74, 6) is -1.42. The number of fused-ring (bicyclic) bond motifs is 1. The molecule has 2 unspecified atom stereocenters. The molecular weight excluding hydrogens is 300 g/mol. The van der Waals surface area contributed by atoms with Crippen LogP contribution in [0.1, 0.15) is 42.6 Å². The van der Waals surface area contributed by atoms with Gasteiger partial charge in [0.1, 0.15) is 0 Å². The number of Topliss-reactive ketones (excluding diaryl/α,β-unsaturated/α-hetero) is 3. The van der Waals surface area contributed by atoms with Crippen molar-refractivity contribution in [1.29, 1.82) is 0 Å². The molecule has 2 aromatic rings. The van der Waals surface area contributed by atoms with Crippen molar-refractivity contribution in [3.05, 3.63) is 94.1 Å². The smallest absolute Gasteiger partial charge is 0.191 e. The van der Waals surface area contributed by atoms with Crippen molar-refractivity contribution in [1.82, 2.24) is 0 Å². The molecule has 0 N–H and O–H groups in total. The van der Waals surface area contributed by atoms with E-state index in [9.17, 15) is 14.4 Å². The zero-order valence-electron chi connectivity index (χ0n) is 12.7. The van der Waals surface area contributed by atoms with Gasteiger partial charge in [-0.3, -0.25) is 14.4 Å². The van der Waals surface area contributed by atoms with Crippen molar-refractivity contribution < 1.29 is 14.4 Å². The molecule has 0 amide bonds. The van der Waals surface area contributed by atoms with Gasteiger partial charge in [0.2, 0.25) is 0 Å². The van der Waals surface area contributed by atoms with Crippen molar-refractivity contribution in [3.8, 4) is 0 Å². The van der Waals surface area contributed by atoms with Gasteiger partial charge in [0.25, 0.3) is 0 Å². The molecule has 0 fully saturated rings. The Morgan fingerprint density at radius 2 is 1.08 bits per heavy atom. The Balaban J connectivity index is 1.84. The number of allylic oxidation sites excluding steroid dienone is 4. The van der Waals surface area contributed by atoms with E-state index in [1.54, 1.807) is 36.4 Å². The number of hydrogen-bond donors (Lipinski definition) is 0. The van der Waals surface area contributed by atoms with E-state index in [1.165, 1.54) is 0 Å². The van der Waals surface area contributed by atoms with Gasteiger partial charge < -0.3 is 0 Å². The molecule has 0 aliphatic heterocycles. The van der Waals surface area contributed by atoms with Crippen LogP contribution in [-0.4, -0.2) is 17.3 Å². The highest BCUT2D eigenvalue weighted by atomic mass is 16.1. The number of ketones is 3. The molecule has 114 valence electrons. The molecule has 0 heterocycles.